The van der Waals surface area contributed by atoms with Gasteiger partial charge in [-0.3, -0.25) is 0 Å². The highest BCUT2D eigenvalue weighted by molar-refractivity contribution is 6.30. The number of benzene rings is 1. The van der Waals surface area contributed by atoms with Crippen molar-refractivity contribution in [3.05, 3.63) is 41.4 Å². The SMILES string of the molecule is C=CCCNCc1cc(Cl)ccc1O. The minimum absolute atomic E-state index is 0.278. The second-order valence-electron chi connectivity index (χ2n) is 3.03. The molecule has 0 amide bonds. The summed E-state index contributed by atoms with van der Waals surface area (Å²) in [5, 5.41) is 13.3. The quantitative estimate of drug-likeness (QED) is 0.580. The molecule has 0 spiro atoms. The molecule has 0 radical (unpaired) electrons. The maximum Gasteiger partial charge on any atom is 0.120 e. The van der Waals surface area contributed by atoms with E-state index >= 15 is 0 Å². The molecule has 0 unspecified atom stereocenters. The normalized spacial score (nSPS) is 10.1. The summed E-state index contributed by atoms with van der Waals surface area (Å²) in [6.45, 7) is 5.11. The molecule has 0 atom stereocenters. The Morgan fingerprint density at radius 3 is 3.00 bits per heavy atom. The number of halogens is 1. The first-order valence-corrected chi connectivity index (χ1v) is 4.91. The molecule has 2 N–H and O–H groups in total. The van der Waals surface area contributed by atoms with Crippen molar-refractivity contribution < 1.29 is 5.11 Å². The Hall–Kier alpha value is -0.990. The Kier molecular flexibility index (Phi) is 4.50. The highest BCUT2D eigenvalue weighted by Crippen LogP contribution is 2.20. The van der Waals surface area contributed by atoms with Gasteiger partial charge in [-0.1, -0.05) is 17.7 Å². The predicted octanol–water partition coefficient (Wildman–Crippen LogP) is 2.71. The lowest BCUT2D eigenvalue weighted by Crippen LogP contribution is -2.13. The molecular formula is C11H14ClNO. The maximum absolute atomic E-state index is 9.47. The summed E-state index contributed by atoms with van der Waals surface area (Å²) < 4.78 is 0. The van der Waals surface area contributed by atoms with Gasteiger partial charge in [-0.25, -0.2) is 0 Å². The van der Waals surface area contributed by atoms with Crippen molar-refractivity contribution in [2.24, 2.45) is 0 Å². The second kappa shape index (κ2) is 5.68. The van der Waals surface area contributed by atoms with Crippen LogP contribution in [0, 0.1) is 0 Å². The fourth-order valence-electron chi connectivity index (χ4n) is 1.12. The first-order chi connectivity index (χ1) is 6.74. The summed E-state index contributed by atoms with van der Waals surface area (Å²) >= 11 is 5.80. The largest absolute Gasteiger partial charge is 0.508 e. The molecule has 76 valence electrons. The Bertz CT molecular complexity index is 312. The number of phenols is 1. The Labute approximate surface area is 89.2 Å². The molecule has 14 heavy (non-hydrogen) atoms. The Morgan fingerprint density at radius 1 is 1.50 bits per heavy atom. The molecule has 2 nitrogen and oxygen atoms in total. The van der Waals surface area contributed by atoms with Crippen LogP contribution in [0.2, 0.25) is 5.02 Å². The van der Waals surface area contributed by atoms with Crippen LogP contribution in [-0.2, 0) is 6.54 Å². The van der Waals surface area contributed by atoms with Crippen LogP contribution in [0.25, 0.3) is 0 Å². The summed E-state index contributed by atoms with van der Waals surface area (Å²) in [4.78, 5) is 0. The molecule has 0 bridgehead atoms. The van der Waals surface area contributed by atoms with E-state index in [1.165, 1.54) is 0 Å². The monoisotopic (exact) mass is 211 g/mol. The van der Waals surface area contributed by atoms with E-state index in [2.05, 4.69) is 11.9 Å². The summed E-state index contributed by atoms with van der Waals surface area (Å²) in [5.74, 6) is 0.278. The molecule has 0 saturated carbocycles. The van der Waals surface area contributed by atoms with Gasteiger partial charge >= 0.3 is 0 Å². The molecule has 0 aliphatic rings. The van der Waals surface area contributed by atoms with Crippen molar-refractivity contribution in [3.63, 3.8) is 0 Å². The highest BCUT2D eigenvalue weighted by atomic mass is 35.5. The van der Waals surface area contributed by atoms with Crippen LogP contribution in [0.4, 0.5) is 0 Å². The fraction of sp³-hybridized carbons (Fsp3) is 0.273. The minimum atomic E-state index is 0.278. The zero-order chi connectivity index (χ0) is 10.4. The molecule has 0 aliphatic carbocycles. The molecule has 0 heterocycles. The van der Waals surface area contributed by atoms with Crippen molar-refractivity contribution in [3.8, 4) is 5.75 Å². The first kappa shape index (κ1) is 11.1. The third kappa shape index (κ3) is 3.40. The van der Waals surface area contributed by atoms with Crippen LogP contribution >= 0.6 is 11.6 Å². The minimum Gasteiger partial charge on any atom is -0.508 e. The van der Waals surface area contributed by atoms with Crippen LogP contribution in [0.15, 0.2) is 30.9 Å². The van der Waals surface area contributed by atoms with Gasteiger partial charge in [-0.2, -0.15) is 0 Å². The molecule has 0 saturated heterocycles. The molecule has 3 heteroatoms. The first-order valence-electron chi connectivity index (χ1n) is 4.53. The van der Waals surface area contributed by atoms with E-state index in [0.29, 0.717) is 11.6 Å². The van der Waals surface area contributed by atoms with E-state index in [-0.39, 0.29) is 5.75 Å². The fourth-order valence-corrected chi connectivity index (χ4v) is 1.32. The van der Waals surface area contributed by atoms with Gasteiger partial charge in [0, 0.05) is 17.1 Å². The summed E-state index contributed by atoms with van der Waals surface area (Å²) in [7, 11) is 0. The zero-order valence-electron chi connectivity index (χ0n) is 7.96. The summed E-state index contributed by atoms with van der Waals surface area (Å²) in [6.07, 6.45) is 2.77. The maximum atomic E-state index is 9.47. The van der Waals surface area contributed by atoms with E-state index < -0.39 is 0 Å². The van der Waals surface area contributed by atoms with Gasteiger partial charge in [-0.05, 0) is 31.2 Å². The lowest BCUT2D eigenvalue weighted by molar-refractivity contribution is 0.465. The predicted molar refractivity (Wildman–Crippen MR) is 59.6 cm³/mol. The smallest absolute Gasteiger partial charge is 0.120 e. The molecule has 1 aromatic carbocycles. The van der Waals surface area contributed by atoms with Crippen molar-refractivity contribution in [1.29, 1.82) is 0 Å². The third-order valence-corrected chi connectivity index (χ3v) is 2.12. The number of rotatable bonds is 5. The van der Waals surface area contributed by atoms with Gasteiger partial charge in [0.25, 0.3) is 0 Å². The standard InChI is InChI=1S/C11H14ClNO/c1-2-3-6-13-8-9-7-10(12)4-5-11(9)14/h2,4-5,7,13-14H,1,3,6,8H2. The van der Waals surface area contributed by atoms with Gasteiger partial charge in [0.1, 0.15) is 5.75 Å². The summed E-state index contributed by atoms with van der Waals surface area (Å²) in [6, 6.07) is 5.04. The van der Waals surface area contributed by atoms with Gasteiger partial charge in [-0.15, -0.1) is 6.58 Å². The molecule has 1 aromatic rings. The van der Waals surface area contributed by atoms with E-state index in [1.54, 1.807) is 18.2 Å². The van der Waals surface area contributed by atoms with Gasteiger partial charge < -0.3 is 10.4 Å². The number of aromatic hydroxyl groups is 1. The molecule has 0 aliphatic heterocycles. The van der Waals surface area contributed by atoms with Crippen LogP contribution in [0.1, 0.15) is 12.0 Å². The summed E-state index contributed by atoms with van der Waals surface area (Å²) in [5.41, 5.74) is 0.821. The van der Waals surface area contributed by atoms with E-state index in [9.17, 15) is 5.11 Å². The Balaban J connectivity index is 2.49. The molecular weight excluding hydrogens is 198 g/mol. The van der Waals surface area contributed by atoms with Crippen LogP contribution in [0.5, 0.6) is 5.75 Å². The molecule has 0 fully saturated rings. The van der Waals surface area contributed by atoms with Crippen molar-refractivity contribution in [2.45, 2.75) is 13.0 Å². The van der Waals surface area contributed by atoms with E-state index in [4.69, 9.17) is 11.6 Å². The van der Waals surface area contributed by atoms with Crippen molar-refractivity contribution >= 4 is 11.6 Å². The van der Waals surface area contributed by atoms with Crippen molar-refractivity contribution in [2.75, 3.05) is 6.54 Å². The van der Waals surface area contributed by atoms with E-state index in [1.807, 2.05) is 6.08 Å². The topological polar surface area (TPSA) is 32.3 Å². The number of nitrogens with one attached hydrogen (secondary N) is 1. The molecule has 1 rings (SSSR count). The van der Waals surface area contributed by atoms with Gasteiger partial charge in [0.2, 0.25) is 0 Å². The Morgan fingerprint density at radius 2 is 2.29 bits per heavy atom. The lowest BCUT2D eigenvalue weighted by Gasteiger charge is -2.05. The molecule has 0 aromatic heterocycles. The number of hydrogen-bond acceptors (Lipinski definition) is 2. The highest BCUT2D eigenvalue weighted by Gasteiger charge is 2.00. The average molecular weight is 212 g/mol. The lowest BCUT2D eigenvalue weighted by atomic mass is 10.2. The van der Waals surface area contributed by atoms with Crippen LogP contribution in [-0.4, -0.2) is 11.7 Å². The van der Waals surface area contributed by atoms with Crippen molar-refractivity contribution in [1.82, 2.24) is 5.32 Å². The van der Waals surface area contributed by atoms with Crippen LogP contribution < -0.4 is 5.32 Å². The van der Waals surface area contributed by atoms with Crippen LogP contribution in [0.3, 0.4) is 0 Å². The second-order valence-corrected chi connectivity index (χ2v) is 3.46. The number of hydrogen-bond donors (Lipinski definition) is 2. The average Bonchev–Trinajstić information content (AvgIpc) is 2.18. The third-order valence-electron chi connectivity index (χ3n) is 1.88. The van der Waals surface area contributed by atoms with Gasteiger partial charge in [0.05, 0.1) is 0 Å². The van der Waals surface area contributed by atoms with E-state index in [0.717, 1.165) is 18.5 Å². The van der Waals surface area contributed by atoms with Gasteiger partial charge in [0.15, 0.2) is 0 Å². The zero-order valence-corrected chi connectivity index (χ0v) is 8.72. The number of phenolic OH excluding ortho intramolecular Hbond substituents is 1.